The topological polar surface area (TPSA) is 113 Å². The molecule has 0 radical (unpaired) electrons. The highest BCUT2D eigenvalue weighted by Crippen LogP contribution is 2.40. The smallest absolute Gasteiger partial charge is 0.256 e. The summed E-state index contributed by atoms with van der Waals surface area (Å²) in [5.41, 5.74) is 11.3. The van der Waals surface area contributed by atoms with Crippen molar-refractivity contribution in [3.8, 4) is 5.75 Å². The van der Waals surface area contributed by atoms with Gasteiger partial charge in [0.05, 0.1) is 18.8 Å². The fourth-order valence-corrected chi connectivity index (χ4v) is 5.31. The lowest BCUT2D eigenvalue weighted by Crippen LogP contribution is -2.46. The average Bonchev–Trinajstić information content (AvgIpc) is 3.86. The molecule has 1 aliphatic heterocycles. The van der Waals surface area contributed by atoms with Crippen molar-refractivity contribution in [1.82, 2.24) is 14.8 Å². The highest BCUT2D eigenvalue weighted by Gasteiger charge is 2.27. The summed E-state index contributed by atoms with van der Waals surface area (Å²) in [5.74, 6) is 1.63. The minimum atomic E-state index is -0.266. The molecule has 1 aromatic heterocycles. The number of nitrogens with one attached hydrogen (secondary N) is 1. The van der Waals surface area contributed by atoms with Crippen LogP contribution in [0.2, 0.25) is 0 Å². The molecule has 236 valence electrons. The Balaban J connectivity index is 1.59. The van der Waals surface area contributed by atoms with Crippen molar-refractivity contribution < 1.29 is 14.3 Å². The third-order valence-electron chi connectivity index (χ3n) is 8.63. The number of hydrogen-bond acceptors (Lipinski definition) is 7. The summed E-state index contributed by atoms with van der Waals surface area (Å²) in [7, 11) is 1.98. The second-order valence-corrected chi connectivity index (χ2v) is 12.3. The number of carbonyl (C=O) groups excluding carboxylic acids is 2. The number of allylic oxidation sites excluding steroid dienone is 1. The lowest BCUT2D eigenvalue weighted by molar-refractivity contribution is -0.133. The largest absolute Gasteiger partial charge is 0.493 e. The van der Waals surface area contributed by atoms with Gasteiger partial charge < -0.3 is 20.7 Å². The summed E-state index contributed by atoms with van der Waals surface area (Å²) in [4.78, 5) is 39.8. The molecule has 2 fully saturated rings. The van der Waals surface area contributed by atoms with Gasteiger partial charge in [-0.05, 0) is 115 Å². The third-order valence-corrected chi connectivity index (χ3v) is 8.63. The number of aliphatic imine (C=N–C) groups is 1. The van der Waals surface area contributed by atoms with Gasteiger partial charge >= 0.3 is 0 Å². The van der Waals surface area contributed by atoms with Gasteiger partial charge in [0, 0.05) is 53.8 Å². The molecule has 0 bridgehead atoms. The normalized spacial score (nSPS) is 17.9. The van der Waals surface area contributed by atoms with Gasteiger partial charge in [-0.1, -0.05) is 6.58 Å². The minimum Gasteiger partial charge on any atom is -0.493 e. The molecule has 2 amide bonds. The monoisotopic (exact) mass is 600 g/mol. The summed E-state index contributed by atoms with van der Waals surface area (Å²) in [6.07, 6.45) is 5.96. The van der Waals surface area contributed by atoms with Crippen molar-refractivity contribution in [2.24, 2.45) is 16.6 Å². The zero-order valence-electron chi connectivity index (χ0n) is 27.2. The van der Waals surface area contributed by atoms with Crippen molar-refractivity contribution in [1.29, 1.82) is 0 Å². The molecule has 2 heterocycles. The Hall–Kier alpha value is -3.98. The molecule has 44 heavy (non-hydrogen) atoms. The Morgan fingerprint density at radius 2 is 1.95 bits per heavy atom. The number of pyridine rings is 1. The van der Waals surface area contributed by atoms with Crippen molar-refractivity contribution >= 4 is 29.0 Å². The van der Waals surface area contributed by atoms with Crippen molar-refractivity contribution in [2.45, 2.75) is 72.3 Å². The molecule has 1 atom stereocenters. The number of nitrogens with two attached hydrogens (primary N) is 1. The molecule has 1 aromatic carbocycles. The number of piperidine rings is 1. The molecule has 1 saturated carbocycles. The number of likely N-dealkylation sites (N-methyl/N-ethyl adjacent to an activating group) is 1. The van der Waals surface area contributed by atoms with Crippen molar-refractivity contribution in [3.63, 3.8) is 0 Å². The summed E-state index contributed by atoms with van der Waals surface area (Å²) in [5, 5.41) is 2.93. The van der Waals surface area contributed by atoms with E-state index in [2.05, 4.69) is 35.6 Å². The van der Waals surface area contributed by atoms with Gasteiger partial charge in [0.15, 0.2) is 0 Å². The van der Waals surface area contributed by atoms with Gasteiger partial charge in [-0.2, -0.15) is 0 Å². The van der Waals surface area contributed by atoms with E-state index in [1.165, 1.54) is 18.4 Å². The lowest BCUT2D eigenvalue weighted by atomic mass is 9.93. The van der Waals surface area contributed by atoms with Crippen LogP contribution in [0.4, 0.5) is 5.82 Å². The Labute approximate surface area is 262 Å². The maximum atomic E-state index is 13.2. The fourth-order valence-electron chi connectivity index (χ4n) is 5.31. The van der Waals surface area contributed by atoms with E-state index in [-0.39, 0.29) is 17.7 Å². The molecule has 4 rings (SSSR count). The van der Waals surface area contributed by atoms with Gasteiger partial charge in [-0.25, -0.2) is 4.98 Å². The molecule has 9 nitrogen and oxygen atoms in total. The maximum absolute atomic E-state index is 13.2. The van der Waals surface area contributed by atoms with E-state index < -0.39 is 0 Å². The van der Waals surface area contributed by atoms with Crippen LogP contribution in [0.1, 0.15) is 87.7 Å². The Morgan fingerprint density at radius 3 is 2.61 bits per heavy atom. The summed E-state index contributed by atoms with van der Waals surface area (Å²) < 4.78 is 6.05. The quantitative estimate of drug-likeness (QED) is 0.233. The zero-order chi connectivity index (χ0) is 32.0. The SMILES string of the molecule is C=C(N)/C(C)=C(/N=C(C)C1CCCN(C(=O)CN(C)C(C)C)C1)c1ccc(C(=O)Nc2cc(C3CC3)ccn2)cc1OCC. The predicted octanol–water partition coefficient (Wildman–Crippen LogP) is 5.85. The number of ether oxygens (including phenoxy) is 1. The van der Waals surface area contributed by atoms with Crippen LogP contribution < -0.4 is 15.8 Å². The van der Waals surface area contributed by atoms with E-state index in [0.29, 0.717) is 60.2 Å². The van der Waals surface area contributed by atoms with Gasteiger partial charge in [-0.15, -0.1) is 0 Å². The van der Waals surface area contributed by atoms with E-state index in [0.717, 1.165) is 36.2 Å². The summed E-state index contributed by atoms with van der Waals surface area (Å²) in [6, 6.07) is 9.61. The highest BCUT2D eigenvalue weighted by molar-refractivity contribution is 6.04. The second kappa shape index (κ2) is 14.7. The molecule has 1 aliphatic carbocycles. The number of amides is 2. The summed E-state index contributed by atoms with van der Waals surface area (Å²) >= 11 is 0. The zero-order valence-corrected chi connectivity index (χ0v) is 27.2. The number of anilines is 1. The highest BCUT2D eigenvalue weighted by atomic mass is 16.5. The maximum Gasteiger partial charge on any atom is 0.256 e. The first kappa shape index (κ1) is 32.9. The van der Waals surface area contributed by atoms with E-state index in [1.54, 1.807) is 18.3 Å². The van der Waals surface area contributed by atoms with Gasteiger partial charge in [-0.3, -0.25) is 19.5 Å². The minimum absolute atomic E-state index is 0.116. The Morgan fingerprint density at radius 1 is 1.20 bits per heavy atom. The van der Waals surface area contributed by atoms with Crippen LogP contribution >= 0.6 is 0 Å². The van der Waals surface area contributed by atoms with Crippen molar-refractivity contribution in [3.05, 3.63) is 71.1 Å². The molecular weight excluding hydrogens is 552 g/mol. The van der Waals surface area contributed by atoms with Gasteiger partial charge in [0.25, 0.3) is 5.91 Å². The van der Waals surface area contributed by atoms with Gasteiger partial charge in [0.1, 0.15) is 11.6 Å². The van der Waals surface area contributed by atoms with Crippen LogP contribution in [0.5, 0.6) is 5.75 Å². The molecule has 1 unspecified atom stereocenters. The number of benzene rings is 1. The van der Waals surface area contributed by atoms with E-state index in [9.17, 15) is 9.59 Å². The molecule has 1 saturated heterocycles. The van der Waals surface area contributed by atoms with Crippen molar-refractivity contribution in [2.75, 3.05) is 38.6 Å². The van der Waals surface area contributed by atoms with Crippen LogP contribution in [0.3, 0.4) is 0 Å². The van der Waals surface area contributed by atoms with Gasteiger partial charge in [0.2, 0.25) is 5.91 Å². The summed E-state index contributed by atoms with van der Waals surface area (Å²) in [6.45, 7) is 16.1. The first-order chi connectivity index (χ1) is 21.0. The first-order valence-electron chi connectivity index (χ1n) is 15.7. The van der Waals surface area contributed by atoms with Crippen LogP contribution in [0, 0.1) is 5.92 Å². The Bertz CT molecular complexity index is 1440. The molecule has 3 N–H and O–H groups in total. The second-order valence-electron chi connectivity index (χ2n) is 12.3. The van der Waals surface area contributed by atoms with Crippen LogP contribution in [0.25, 0.3) is 5.70 Å². The molecule has 2 aromatic rings. The molecule has 9 heteroatoms. The number of hydrogen-bond donors (Lipinski definition) is 2. The van der Waals surface area contributed by atoms with Crippen LogP contribution in [-0.2, 0) is 4.79 Å². The standard InChI is InChI=1S/C35H48N6O3/c1-8-44-31-18-28(35(43)39-32-19-27(15-16-37-32)26-11-12-26)13-14-30(31)34(23(4)24(5)36)38-25(6)29-10-9-17-41(20-29)33(42)21-40(7)22(2)3/h13-16,18-19,22,26,29H,5,8-12,17,20-21,36H2,1-4,6-7H3,(H,37,39,43)/b34-23+,38-25?. The fraction of sp³-hybridized carbons (Fsp3) is 0.486. The number of likely N-dealkylation sites (tertiary alicyclic amines) is 1. The van der Waals surface area contributed by atoms with Crippen LogP contribution in [0.15, 0.2) is 59.4 Å². The van der Waals surface area contributed by atoms with E-state index in [4.69, 9.17) is 15.5 Å². The first-order valence-corrected chi connectivity index (χ1v) is 15.7. The average molecular weight is 601 g/mol. The lowest BCUT2D eigenvalue weighted by Gasteiger charge is -2.34. The third kappa shape index (κ3) is 8.34. The Kier molecular flexibility index (Phi) is 11.0. The van der Waals surface area contributed by atoms with E-state index in [1.807, 2.05) is 50.9 Å². The van der Waals surface area contributed by atoms with Crippen LogP contribution in [-0.4, -0.2) is 71.6 Å². The molecule has 0 spiro atoms. The predicted molar refractivity (Wildman–Crippen MR) is 178 cm³/mol. The molecular formula is C35H48N6O3. The number of carbonyl (C=O) groups is 2. The van der Waals surface area contributed by atoms with E-state index >= 15 is 0 Å². The number of aromatic nitrogens is 1. The molecule has 2 aliphatic rings. The number of nitrogens with zero attached hydrogens (tertiary/aromatic N) is 4. The number of rotatable bonds is 12.